The molecule has 4 N–H and O–H groups in total. The van der Waals surface area contributed by atoms with Gasteiger partial charge in [-0.25, -0.2) is 13.2 Å². The standard InChI is InChI=1S/C23H21F3O5S/c24-13-4-1-11(2-5-13)17-7-8-18(32-17)19(26)14-9-12(3-6-15(14)25)23-22(30)21(29)20(28)16(10-27)31-23/h1-9,16,19-23,27-30H,10H2/t16-,19?,20-,21+,22-,23+/m1/s1. The van der Waals surface area contributed by atoms with Gasteiger partial charge in [0.25, 0.3) is 0 Å². The lowest BCUT2D eigenvalue weighted by molar-refractivity contribution is -0.231. The van der Waals surface area contributed by atoms with E-state index in [2.05, 4.69) is 0 Å². The normalized spacial score (nSPS) is 26.8. The summed E-state index contributed by atoms with van der Waals surface area (Å²) >= 11 is 1.10. The van der Waals surface area contributed by atoms with Crippen LogP contribution in [-0.4, -0.2) is 51.4 Å². The average Bonchev–Trinajstić information content (AvgIpc) is 3.29. The third kappa shape index (κ3) is 4.32. The minimum atomic E-state index is -1.82. The minimum Gasteiger partial charge on any atom is -0.394 e. The highest BCUT2D eigenvalue weighted by molar-refractivity contribution is 7.15. The molecule has 32 heavy (non-hydrogen) atoms. The first-order valence-corrected chi connectivity index (χ1v) is 10.7. The van der Waals surface area contributed by atoms with Gasteiger partial charge in [0.15, 0.2) is 6.17 Å². The Balaban J connectivity index is 1.62. The zero-order chi connectivity index (χ0) is 23.0. The fraction of sp³-hybridized carbons (Fsp3) is 0.304. The molecule has 1 aliphatic rings. The van der Waals surface area contributed by atoms with Gasteiger partial charge in [0, 0.05) is 15.3 Å². The molecule has 3 aromatic rings. The van der Waals surface area contributed by atoms with E-state index < -0.39 is 49.1 Å². The predicted octanol–water partition coefficient (Wildman–Crippen LogP) is 3.27. The molecule has 1 fully saturated rings. The molecule has 5 nitrogen and oxygen atoms in total. The molecule has 0 saturated carbocycles. The number of alkyl halides is 1. The molecule has 1 saturated heterocycles. The highest BCUT2D eigenvalue weighted by Gasteiger charge is 2.44. The number of hydrogen-bond donors (Lipinski definition) is 4. The maximum atomic E-state index is 15.3. The Bertz CT molecular complexity index is 1070. The number of thiophene rings is 1. The van der Waals surface area contributed by atoms with Crippen molar-refractivity contribution in [2.45, 2.75) is 36.7 Å². The summed E-state index contributed by atoms with van der Waals surface area (Å²) in [6, 6.07) is 12.4. The van der Waals surface area contributed by atoms with Crippen LogP contribution in [0.3, 0.4) is 0 Å². The predicted molar refractivity (Wildman–Crippen MR) is 112 cm³/mol. The van der Waals surface area contributed by atoms with Gasteiger partial charge in [-0.05, 0) is 47.5 Å². The Hall–Kier alpha value is -2.27. The molecular formula is C23H21F3O5S. The summed E-state index contributed by atoms with van der Waals surface area (Å²) in [5.74, 6) is -1.19. The molecule has 6 atom stereocenters. The van der Waals surface area contributed by atoms with Gasteiger partial charge < -0.3 is 25.2 Å². The molecule has 0 spiro atoms. The number of halogens is 3. The minimum absolute atomic E-state index is 0.191. The summed E-state index contributed by atoms with van der Waals surface area (Å²) in [6.07, 6.45) is -8.85. The molecule has 0 bridgehead atoms. The molecule has 0 aliphatic carbocycles. The van der Waals surface area contributed by atoms with Crippen LogP contribution in [0.5, 0.6) is 0 Å². The van der Waals surface area contributed by atoms with E-state index in [4.69, 9.17) is 4.74 Å². The van der Waals surface area contributed by atoms with Crippen LogP contribution >= 0.6 is 11.3 Å². The maximum Gasteiger partial charge on any atom is 0.162 e. The first-order chi connectivity index (χ1) is 15.3. The smallest absolute Gasteiger partial charge is 0.162 e. The summed E-state index contributed by atoms with van der Waals surface area (Å²) in [7, 11) is 0. The van der Waals surface area contributed by atoms with Gasteiger partial charge in [0.05, 0.1) is 6.61 Å². The Labute approximate surface area is 186 Å². The first-order valence-electron chi connectivity index (χ1n) is 9.89. The summed E-state index contributed by atoms with van der Waals surface area (Å²) in [6.45, 7) is -0.609. The van der Waals surface area contributed by atoms with Crippen molar-refractivity contribution < 1.29 is 38.3 Å². The van der Waals surface area contributed by atoms with E-state index in [0.29, 0.717) is 10.4 Å². The van der Waals surface area contributed by atoms with Crippen LogP contribution < -0.4 is 0 Å². The monoisotopic (exact) mass is 466 g/mol. The number of ether oxygens (including phenoxy) is 1. The van der Waals surface area contributed by atoms with Crippen molar-refractivity contribution in [2.75, 3.05) is 6.61 Å². The van der Waals surface area contributed by atoms with Crippen molar-refractivity contribution in [3.8, 4) is 10.4 Å². The lowest BCUT2D eigenvalue weighted by atomic mass is 9.90. The average molecular weight is 466 g/mol. The van der Waals surface area contributed by atoms with Gasteiger partial charge in [-0.15, -0.1) is 11.3 Å². The molecule has 4 rings (SSSR count). The second-order valence-corrected chi connectivity index (χ2v) is 8.72. The summed E-state index contributed by atoms with van der Waals surface area (Å²) in [5.41, 5.74) is 0.605. The van der Waals surface area contributed by atoms with Crippen molar-refractivity contribution >= 4 is 11.3 Å². The SMILES string of the molecule is OC[C@H]1O[C@@H](c2ccc(F)c(C(F)c3ccc(-c4ccc(F)cc4)s3)c2)[C@H](O)[C@@H](O)[C@@H]1O. The van der Waals surface area contributed by atoms with Crippen molar-refractivity contribution in [2.24, 2.45) is 0 Å². The van der Waals surface area contributed by atoms with Crippen molar-refractivity contribution in [3.63, 3.8) is 0 Å². The molecule has 0 amide bonds. The van der Waals surface area contributed by atoms with E-state index in [1.54, 1.807) is 18.2 Å². The number of rotatable bonds is 5. The van der Waals surface area contributed by atoms with E-state index in [1.165, 1.54) is 30.3 Å². The molecule has 9 heteroatoms. The van der Waals surface area contributed by atoms with Crippen LogP contribution in [0.4, 0.5) is 13.2 Å². The Morgan fingerprint density at radius 2 is 1.62 bits per heavy atom. The third-order valence-corrected chi connectivity index (χ3v) is 6.69. The lowest BCUT2D eigenvalue weighted by Crippen LogP contribution is -2.55. The van der Waals surface area contributed by atoms with Crippen molar-refractivity contribution in [1.82, 2.24) is 0 Å². The van der Waals surface area contributed by atoms with Crippen LogP contribution in [-0.2, 0) is 4.74 Å². The second kappa shape index (κ2) is 9.30. The molecule has 0 radical (unpaired) electrons. The van der Waals surface area contributed by atoms with Crippen LogP contribution in [0, 0.1) is 11.6 Å². The third-order valence-electron chi connectivity index (χ3n) is 5.52. The van der Waals surface area contributed by atoms with Crippen LogP contribution in [0.15, 0.2) is 54.6 Å². The highest BCUT2D eigenvalue weighted by Crippen LogP contribution is 2.39. The quantitative estimate of drug-likeness (QED) is 0.464. The van der Waals surface area contributed by atoms with E-state index in [0.717, 1.165) is 17.4 Å². The molecule has 2 heterocycles. The van der Waals surface area contributed by atoms with Gasteiger partial charge >= 0.3 is 0 Å². The summed E-state index contributed by atoms with van der Waals surface area (Å²) < 4.78 is 48.5. The Morgan fingerprint density at radius 1 is 0.906 bits per heavy atom. The van der Waals surface area contributed by atoms with Crippen LogP contribution in [0.1, 0.15) is 28.3 Å². The van der Waals surface area contributed by atoms with Gasteiger partial charge in [0.1, 0.15) is 42.2 Å². The summed E-state index contributed by atoms with van der Waals surface area (Å²) in [4.78, 5) is 0.919. The van der Waals surface area contributed by atoms with Crippen LogP contribution in [0.25, 0.3) is 10.4 Å². The fourth-order valence-electron chi connectivity index (χ4n) is 3.72. The molecule has 170 valence electrons. The zero-order valence-corrected chi connectivity index (χ0v) is 17.4. The molecule has 1 aliphatic heterocycles. The maximum absolute atomic E-state index is 15.3. The number of aliphatic hydroxyl groups excluding tert-OH is 4. The summed E-state index contributed by atoms with van der Waals surface area (Å²) in [5, 5.41) is 39.6. The Morgan fingerprint density at radius 3 is 2.31 bits per heavy atom. The Kier molecular flexibility index (Phi) is 6.66. The van der Waals surface area contributed by atoms with Gasteiger partial charge in [-0.3, -0.25) is 0 Å². The van der Waals surface area contributed by atoms with Crippen LogP contribution in [0.2, 0.25) is 0 Å². The number of aliphatic hydroxyl groups is 4. The topological polar surface area (TPSA) is 90.2 Å². The fourth-order valence-corrected chi connectivity index (χ4v) is 4.73. The highest BCUT2D eigenvalue weighted by atomic mass is 32.1. The molecule has 2 aromatic carbocycles. The number of benzene rings is 2. The lowest BCUT2D eigenvalue weighted by Gasteiger charge is -2.40. The van der Waals surface area contributed by atoms with Gasteiger partial charge in [-0.2, -0.15) is 0 Å². The molecular weight excluding hydrogens is 445 g/mol. The number of hydrogen-bond acceptors (Lipinski definition) is 6. The van der Waals surface area contributed by atoms with Crippen molar-refractivity contribution in [3.05, 3.63) is 82.2 Å². The van der Waals surface area contributed by atoms with Gasteiger partial charge in [-0.1, -0.05) is 18.2 Å². The zero-order valence-electron chi connectivity index (χ0n) is 16.6. The van der Waals surface area contributed by atoms with Gasteiger partial charge in [0.2, 0.25) is 0 Å². The van der Waals surface area contributed by atoms with E-state index in [1.807, 2.05) is 0 Å². The molecule has 1 unspecified atom stereocenters. The van der Waals surface area contributed by atoms with E-state index >= 15 is 4.39 Å². The molecule has 1 aromatic heterocycles. The largest absolute Gasteiger partial charge is 0.394 e. The first kappa shape index (κ1) is 22.9. The van der Waals surface area contributed by atoms with E-state index in [9.17, 15) is 29.2 Å². The van der Waals surface area contributed by atoms with E-state index in [-0.39, 0.29) is 21.8 Å². The second-order valence-electron chi connectivity index (χ2n) is 7.60. The van der Waals surface area contributed by atoms with Crippen molar-refractivity contribution in [1.29, 1.82) is 0 Å².